The number of phenols is 1. The van der Waals surface area contributed by atoms with Crippen LogP contribution in [0.1, 0.15) is 30.8 Å². The van der Waals surface area contributed by atoms with E-state index in [1.54, 1.807) is 13.0 Å². The van der Waals surface area contributed by atoms with Crippen molar-refractivity contribution in [2.45, 2.75) is 33.2 Å². The molecule has 1 amide bonds. The third-order valence-electron chi connectivity index (χ3n) is 6.36. The molecule has 1 aliphatic heterocycles. The molecule has 1 fully saturated rings. The standard InChI is InChI=1S/C25H25N3O3/c1-15-25(16(2)31-26-15)18-12-22(21-6-4-5-7-24(21)30)20-9-11-28(23(20)13-18)19-8-10-27(14-19)17(3)29/h4-7,9,11-13,19,30H,8,10,14H2,1-3H3. The van der Waals surface area contributed by atoms with Gasteiger partial charge < -0.3 is 19.1 Å². The van der Waals surface area contributed by atoms with Gasteiger partial charge in [0.15, 0.2) is 0 Å². The van der Waals surface area contributed by atoms with Crippen LogP contribution < -0.4 is 0 Å². The summed E-state index contributed by atoms with van der Waals surface area (Å²) in [6.45, 7) is 6.97. The first-order chi connectivity index (χ1) is 14.9. The number of amides is 1. The maximum atomic E-state index is 11.9. The third-order valence-corrected chi connectivity index (χ3v) is 6.36. The number of rotatable bonds is 3. The van der Waals surface area contributed by atoms with Gasteiger partial charge in [0.25, 0.3) is 0 Å². The van der Waals surface area contributed by atoms with Gasteiger partial charge in [-0.15, -0.1) is 0 Å². The fourth-order valence-electron chi connectivity index (χ4n) is 4.80. The van der Waals surface area contributed by atoms with Gasteiger partial charge in [0.2, 0.25) is 5.91 Å². The molecule has 4 aromatic rings. The number of phenolic OH excluding ortho intramolecular Hbond substituents is 1. The molecule has 0 aliphatic carbocycles. The van der Waals surface area contributed by atoms with Crippen molar-refractivity contribution < 1.29 is 14.4 Å². The zero-order chi connectivity index (χ0) is 21.7. The van der Waals surface area contributed by atoms with E-state index in [1.165, 1.54) is 0 Å². The van der Waals surface area contributed by atoms with E-state index in [0.29, 0.717) is 6.54 Å². The summed E-state index contributed by atoms with van der Waals surface area (Å²) >= 11 is 0. The van der Waals surface area contributed by atoms with Crippen LogP contribution in [0.25, 0.3) is 33.2 Å². The first-order valence-electron chi connectivity index (χ1n) is 10.6. The van der Waals surface area contributed by atoms with E-state index in [4.69, 9.17) is 4.52 Å². The number of likely N-dealkylation sites (tertiary alicyclic amines) is 1. The fraction of sp³-hybridized carbons (Fsp3) is 0.280. The fourth-order valence-corrected chi connectivity index (χ4v) is 4.80. The number of carbonyl (C=O) groups is 1. The molecular weight excluding hydrogens is 390 g/mol. The van der Waals surface area contributed by atoms with Crippen LogP contribution in [0.3, 0.4) is 0 Å². The quantitative estimate of drug-likeness (QED) is 0.507. The molecule has 6 nitrogen and oxygen atoms in total. The molecule has 0 saturated carbocycles. The number of nitrogens with zero attached hydrogens (tertiary/aromatic N) is 3. The summed E-state index contributed by atoms with van der Waals surface area (Å²) < 4.78 is 7.70. The largest absolute Gasteiger partial charge is 0.507 e. The van der Waals surface area contributed by atoms with E-state index in [1.807, 2.05) is 36.9 Å². The van der Waals surface area contributed by atoms with E-state index >= 15 is 0 Å². The predicted octanol–water partition coefficient (Wildman–Crippen LogP) is 5.08. The molecule has 1 unspecified atom stereocenters. The molecule has 2 aromatic heterocycles. The zero-order valence-corrected chi connectivity index (χ0v) is 17.9. The van der Waals surface area contributed by atoms with Gasteiger partial charge in [-0.3, -0.25) is 4.79 Å². The van der Waals surface area contributed by atoms with Crippen LogP contribution in [0.5, 0.6) is 5.75 Å². The molecular formula is C25H25N3O3. The molecule has 1 saturated heterocycles. The van der Waals surface area contributed by atoms with Crippen molar-refractivity contribution in [1.82, 2.24) is 14.6 Å². The summed E-state index contributed by atoms with van der Waals surface area (Å²) in [7, 11) is 0. The molecule has 158 valence electrons. The number of aromatic hydroxyl groups is 1. The Morgan fingerprint density at radius 2 is 1.97 bits per heavy atom. The highest BCUT2D eigenvalue weighted by atomic mass is 16.5. The van der Waals surface area contributed by atoms with Crippen molar-refractivity contribution in [3.8, 4) is 28.0 Å². The SMILES string of the molecule is CC(=O)N1CCC(n2ccc3c(-c4ccccc4O)cc(-c4c(C)noc4C)cc32)C1. The molecule has 3 heterocycles. The van der Waals surface area contributed by atoms with E-state index in [2.05, 4.69) is 34.1 Å². The van der Waals surface area contributed by atoms with Crippen LogP contribution in [0, 0.1) is 13.8 Å². The van der Waals surface area contributed by atoms with E-state index < -0.39 is 0 Å². The Morgan fingerprint density at radius 3 is 2.65 bits per heavy atom. The Labute approximate surface area is 180 Å². The second kappa shape index (κ2) is 7.30. The number of fused-ring (bicyclic) bond motifs is 1. The summed E-state index contributed by atoms with van der Waals surface area (Å²) in [5.74, 6) is 1.13. The number of aryl methyl sites for hydroxylation is 2. The number of hydrogen-bond acceptors (Lipinski definition) is 4. The Balaban J connectivity index is 1.74. The monoisotopic (exact) mass is 415 g/mol. The minimum Gasteiger partial charge on any atom is -0.507 e. The van der Waals surface area contributed by atoms with E-state index in [9.17, 15) is 9.90 Å². The van der Waals surface area contributed by atoms with Gasteiger partial charge in [-0.2, -0.15) is 0 Å². The lowest BCUT2D eigenvalue weighted by molar-refractivity contribution is -0.127. The summed E-state index contributed by atoms with van der Waals surface area (Å²) in [5, 5.41) is 15.8. The first-order valence-corrected chi connectivity index (χ1v) is 10.6. The van der Waals surface area contributed by atoms with Crippen LogP contribution in [0.2, 0.25) is 0 Å². The van der Waals surface area contributed by atoms with Gasteiger partial charge in [-0.25, -0.2) is 0 Å². The van der Waals surface area contributed by atoms with Gasteiger partial charge in [-0.05, 0) is 55.7 Å². The number of benzene rings is 2. The Hall–Kier alpha value is -3.54. The average Bonchev–Trinajstić information content (AvgIpc) is 3.46. The van der Waals surface area contributed by atoms with Crippen molar-refractivity contribution in [3.05, 3.63) is 60.1 Å². The van der Waals surface area contributed by atoms with Gasteiger partial charge in [-0.1, -0.05) is 23.4 Å². The molecule has 0 radical (unpaired) electrons. The summed E-state index contributed by atoms with van der Waals surface area (Å²) in [5.41, 5.74) is 5.64. The highest BCUT2D eigenvalue weighted by molar-refractivity contribution is 6.00. The topological polar surface area (TPSA) is 71.5 Å². The summed E-state index contributed by atoms with van der Waals surface area (Å²) in [6, 6.07) is 14.0. The zero-order valence-electron chi connectivity index (χ0n) is 17.9. The molecule has 1 aliphatic rings. The van der Waals surface area contributed by atoms with Crippen LogP contribution in [-0.4, -0.2) is 38.7 Å². The highest BCUT2D eigenvalue weighted by Crippen LogP contribution is 2.41. The van der Waals surface area contributed by atoms with Crippen molar-refractivity contribution in [3.63, 3.8) is 0 Å². The van der Waals surface area contributed by atoms with Crippen molar-refractivity contribution in [2.75, 3.05) is 13.1 Å². The molecule has 0 spiro atoms. The van der Waals surface area contributed by atoms with Crippen molar-refractivity contribution in [1.29, 1.82) is 0 Å². The molecule has 1 atom stereocenters. The van der Waals surface area contributed by atoms with E-state index in [0.717, 1.165) is 57.6 Å². The molecule has 0 bridgehead atoms. The predicted molar refractivity (Wildman–Crippen MR) is 120 cm³/mol. The minimum atomic E-state index is 0.116. The van der Waals surface area contributed by atoms with Gasteiger partial charge >= 0.3 is 0 Å². The van der Waals surface area contributed by atoms with Gasteiger partial charge in [0.05, 0.1) is 11.7 Å². The van der Waals surface area contributed by atoms with Crippen LogP contribution >= 0.6 is 0 Å². The highest BCUT2D eigenvalue weighted by Gasteiger charge is 2.27. The summed E-state index contributed by atoms with van der Waals surface area (Å²) in [6.07, 6.45) is 3.02. The Morgan fingerprint density at radius 1 is 1.16 bits per heavy atom. The Kier molecular flexibility index (Phi) is 4.58. The lowest BCUT2D eigenvalue weighted by Crippen LogP contribution is -2.26. The van der Waals surface area contributed by atoms with Crippen molar-refractivity contribution >= 4 is 16.8 Å². The minimum absolute atomic E-state index is 0.116. The first kappa shape index (κ1) is 19.4. The van der Waals surface area contributed by atoms with Crippen LogP contribution in [0.15, 0.2) is 53.2 Å². The normalized spacial score (nSPS) is 16.4. The van der Waals surface area contributed by atoms with Crippen LogP contribution in [-0.2, 0) is 4.79 Å². The molecule has 1 N–H and O–H groups in total. The maximum absolute atomic E-state index is 11.9. The Bertz CT molecular complexity index is 1280. The maximum Gasteiger partial charge on any atom is 0.219 e. The molecule has 6 heteroatoms. The lowest BCUT2D eigenvalue weighted by atomic mass is 9.94. The smallest absolute Gasteiger partial charge is 0.219 e. The van der Waals surface area contributed by atoms with Gasteiger partial charge in [0.1, 0.15) is 11.5 Å². The molecule has 5 rings (SSSR count). The van der Waals surface area contributed by atoms with Crippen molar-refractivity contribution in [2.24, 2.45) is 0 Å². The molecule has 31 heavy (non-hydrogen) atoms. The van der Waals surface area contributed by atoms with Crippen LogP contribution in [0.4, 0.5) is 0 Å². The number of para-hydroxylation sites is 1. The number of carbonyl (C=O) groups excluding carboxylic acids is 1. The summed E-state index contributed by atoms with van der Waals surface area (Å²) in [4.78, 5) is 13.8. The van der Waals surface area contributed by atoms with Gasteiger partial charge in [0, 0.05) is 48.2 Å². The molecule has 2 aromatic carbocycles. The third kappa shape index (κ3) is 3.19. The second-order valence-electron chi connectivity index (χ2n) is 8.30. The average molecular weight is 415 g/mol. The second-order valence-corrected chi connectivity index (χ2v) is 8.30. The number of aromatic nitrogens is 2. The van der Waals surface area contributed by atoms with E-state index in [-0.39, 0.29) is 17.7 Å². The lowest BCUT2D eigenvalue weighted by Gasteiger charge is -2.17. The number of hydrogen-bond donors (Lipinski definition) is 1.